The van der Waals surface area contributed by atoms with E-state index in [1.807, 2.05) is 0 Å². The van der Waals surface area contributed by atoms with Gasteiger partial charge in [-0.25, -0.2) is 4.98 Å². The Morgan fingerprint density at radius 3 is 2.54 bits per heavy atom. The van der Waals surface area contributed by atoms with Crippen LogP contribution in [-0.2, 0) is 10.2 Å². The van der Waals surface area contributed by atoms with E-state index in [0.29, 0.717) is 0 Å². The van der Waals surface area contributed by atoms with Crippen molar-refractivity contribution >= 4 is 21.8 Å². The van der Waals surface area contributed by atoms with Gasteiger partial charge in [-0.05, 0) is 12.1 Å². The molecule has 4 nitrogen and oxygen atoms in total. The average Bonchev–Trinajstić information content (AvgIpc) is 2.02. The zero-order valence-electron chi connectivity index (χ0n) is 6.49. The molecule has 0 radical (unpaired) electrons. The minimum absolute atomic E-state index is 0.189. The molecule has 0 atom stereocenters. The lowest BCUT2D eigenvalue weighted by atomic mass is 10.5. The van der Waals surface area contributed by atoms with Gasteiger partial charge >= 0.3 is 10.2 Å². The minimum Gasteiger partial charge on any atom is -0.494 e. The summed E-state index contributed by atoms with van der Waals surface area (Å²) in [6.45, 7) is 0. The molecule has 0 fully saturated rings. The van der Waals surface area contributed by atoms with Gasteiger partial charge in [-0.15, -0.1) is 0 Å². The summed E-state index contributed by atoms with van der Waals surface area (Å²) < 4.78 is 37.8. The Kier molecular flexibility index (Phi) is 2.72. The molecule has 1 heterocycles. The number of hydrogen-bond acceptors (Lipinski definition) is 4. The second-order valence-corrected chi connectivity index (χ2v) is 3.73. The second-order valence-electron chi connectivity index (χ2n) is 2.08. The maximum absolute atomic E-state index is 12.3. The first kappa shape index (κ1) is 10.2. The van der Waals surface area contributed by atoms with Crippen LogP contribution in [0.25, 0.3) is 0 Å². The van der Waals surface area contributed by atoms with Gasteiger partial charge in [0.15, 0.2) is 15.9 Å². The zero-order chi connectivity index (χ0) is 10.1. The number of rotatable bonds is 2. The van der Waals surface area contributed by atoms with Gasteiger partial charge in [0.25, 0.3) is 0 Å². The quantitative estimate of drug-likeness (QED) is 0.564. The second kappa shape index (κ2) is 3.47. The van der Waals surface area contributed by atoms with Crippen LogP contribution < -0.4 is 4.74 Å². The Morgan fingerprint density at radius 1 is 1.54 bits per heavy atom. The van der Waals surface area contributed by atoms with E-state index < -0.39 is 15.2 Å². The lowest BCUT2D eigenvalue weighted by Gasteiger charge is -2.01. The van der Waals surface area contributed by atoms with Crippen LogP contribution in [0.15, 0.2) is 17.2 Å². The van der Waals surface area contributed by atoms with Gasteiger partial charge in [0.05, 0.1) is 7.11 Å². The van der Waals surface area contributed by atoms with Crippen LogP contribution in [0.5, 0.6) is 5.75 Å². The molecule has 0 bridgehead atoms. The molecule has 0 aromatic carbocycles. The van der Waals surface area contributed by atoms with Gasteiger partial charge in [0.1, 0.15) is 0 Å². The van der Waals surface area contributed by atoms with Gasteiger partial charge < -0.3 is 4.74 Å². The van der Waals surface area contributed by atoms with E-state index in [9.17, 15) is 12.3 Å². The molecule has 1 aromatic heterocycles. The largest absolute Gasteiger partial charge is 0.494 e. The highest BCUT2D eigenvalue weighted by Gasteiger charge is 2.15. The fraction of sp³-hybridized carbons (Fsp3) is 0.167. The van der Waals surface area contributed by atoms with Gasteiger partial charge in [-0.2, -0.15) is 8.42 Å². The zero-order valence-corrected chi connectivity index (χ0v) is 8.06. The number of nitrogens with zero attached hydrogens (tertiary/aromatic N) is 1. The smallest absolute Gasteiger partial charge is 0.349 e. The van der Waals surface area contributed by atoms with E-state index >= 15 is 0 Å². The number of methoxy groups -OCH3 is 1. The van der Waals surface area contributed by atoms with Crippen LogP contribution in [0.1, 0.15) is 0 Å². The monoisotopic (exact) mass is 225 g/mol. The molecule has 0 aliphatic rings. The SMILES string of the molecule is COc1ccc(S(=O)(=O)F)nc1Cl. The van der Waals surface area contributed by atoms with Crippen LogP contribution >= 0.6 is 11.6 Å². The summed E-state index contributed by atoms with van der Waals surface area (Å²) in [7, 11) is -3.46. The molecule has 0 unspecified atom stereocenters. The van der Waals surface area contributed by atoms with Crippen molar-refractivity contribution in [3.63, 3.8) is 0 Å². The van der Waals surface area contributed by atoms with Crippen LogP contribution in [0.3, 0.4) is 0 Å². The Balaban J connectivity index is 3.26. The van der Waals surface area contributed by atoms with E-state index in [2.05, 4.69) is 4.98 Å². The molecule has 72 valence electrons. The first-order valence-corrected chi connectivity index (χ1v) is 4.86. The molecule has 0 amide bonds. The normalized spacial score (nSPS) is 11.3. The number of pyridine rings is 1. The van der Waals surface area contributed by atoms with Crippen molar-refractivity contribution in [2.45, 2.75) is 5.03 Å². The molecule has 0 N–H and O–H groups in total. The molecular weight excluding hydrogens is 221 g/mol. The molecular formula is C6H5ClFNO3S. The summed E-state index contributed by atoms with van der Waals surface area (Å²) in [4.78, 5) is 3.29. The highest BCUT2D eigenvalue weighted by Crippen LogP contribution is 2.23. The summed E-state index contributed by atoms with van der Waals surface area (Å²) >= 11 is 5.47. The van der Waals surface area contributed by atoms with Crippen molar-refractivity contribution in [3.05, 3.63) is 17.3 Å². The molecule has 0 aliphatic heterocycles. The van der Waals surface area contributed by atoms with E-state index in [1.165, 1.54) is 13.2 Å². The first-order valence-electron chi connectivity index (χ1n) is 3.10. The lowest BCUT2D eigenvalue weighted by Crippen LogP contribution is -1.97. The third-order valence-corrected chi connectivity index (χ3v) is 2.26. The highest BCUT2D eigenvalue weighted by molar-refractivity contribution is 7.86. The van der Waals surface area contributed by atoms with Crippen molar-refractivity contribution < 1.29 is 17.0 Å². The molecule has 0 saturated carbocycles. The van der Waals surface area contributed by atoms with E-state index in [0.717, 1.165) is 6.07 Å². The third-order valence-electron chi connectivity index (χ3n) is 1.26. The number of ether oxygens (including phenoxy) is 1. The number of halogens is 2. The standard InChI is InChI=1S/C6H5ClFNO3S/c1-12-4-2-3-5(9-6(4)7)13(8,10)11/h2-3H,1H3. The van der Waals surface area contributed by atoms with Crippen LogP contribution in [0, 0.1) is 0 Å². The molecule has 0 spiro atoms. The Labute approximate surface area is 79.5 Å². The van der Waals surface area contributed by atoms with Crippen molar-refractivity contribution in [1.29, 1.82) is 0 Å². The number of aromatic nitrogens is 1. The van der Waals surface area contributed by atoms with E-state index in [1.54, 1.807) is 0 Å². The molecule has 1 rings (SSSR count). The maximum Gasteiger partial charge on any atom is 0.349 e. The van der Waals surface area contributed by atoms with Crippen molar-refractivity contribution in [2.75, 3.05) is 7.11 Å². The predicted molar refractivity (Wildman–Crippen MR) is 44.1 cm³/mol. The van der Waals surface area contributed by atoms with Gasteiger partial charge in [0, 0.05) is 0 Å². The highest BCUT2D eigenvalue weighted by atomic mass is 35.5. The molecule has 0 aliphatic carbocycles. The van der Waals surface area contributed by atoms with Crippen molar-refractivity contribution in [1.82, 2.24) is 4.98 Å². The predicted octanol–water partition coefficient (Wildman–Crippen LogP) is 1.40. The topological polar surface area (TPSA) is 56.3 Å². The average molecular weight is 226 g/mol. The summed E-state index contributed by atoms with van der Waals surface area (Å²) in [5, 5.41) is -0.917. The molecule has 0 saturated heterocycles. The first-order chi connectivity index (χ1) is 5.95. The minimum atomic E-state index is -4.80. The Bertz CT molecular complexity index is 420. The summed E-state index contributed by atoms with van der Waals surface area (Å²) in [5.74, 6) is 0.189. The number of hydrogen-bond donors (Lipinski definition) is 0. The van der Waals surface area contributed by atoms with Gasteiger partial charge in [-0.1, -0.05) is 15.5 Å². The van der Waals surface area contributed by atoms with Crippen molar-refractivity contribution in [3.8, 4) is 5.75 Å². The molecule has 1 aromatic rings. The Hall–Kier alpha value is -0.880. The van der Waals surface area contributed by atoms with Crippen LogP contribution in [0.4, 0.5) is 3.89 Å². The van der Waals surface area contributed by atoms with Gasteiger partial charge in [0.2, 0.25) is 0 Å². The third kappa shape index (κ3) is 2.28. The molecule has 13 heavy (non-hydrogen) atoms. The lowest BCUT2D eigenvalue weighted by molar-refractivity contribution is 0.412. The van der Waals surface area contributed by atoms with Crippen molar-refractivity contribution in [2.24, 2.45) is 0 Å². The summed E-state index contributed by atoms with van der Waals surface area (Å²) in [6.07, 6.45) is 0. The fourth-order valence-electron chi connectivity index (χ4n) is 0.693. The van der Waals surface area contributed by atoms with Crippen LogP contribution in [0.2, 0.25) is 5.15 Å². The van der Waals surface area contributed by atoms with Crippen LogP contribution in [-0.4, -0.2) is 20.5 Å². The molecule has 7 heteroatoms. The maximum atomic E-state index is 12.3. The van der Waals surface area contributed by atoms with E-state index in [4.69, 9.17) is 16.3 Å². The summed E-state index contributed by atoms with van der Waals surface area (Å²) in [6, 6.07) is 2.20. The van der Waals surface area contributed by atoms with E-state index in [-0.39, 0.29) is 10.9 Å². The van der Waals surface area contributed by atoms with Gasteiger partial charge in [-0.3, -0.25) is 0 Å². The summed E-state index contributed by atoms with van der Waals surface area (Å²) in [5.41, 5.74) is 0. The fourth-order valence-corrected chi connectivity index (χ4v) is 1.41. The Morgan fingerprint density at radius 2 is 2.15 bits per heavy atom.